The van der Waals surface area contributed by atoms with Gasteiger partial charge >= 0.3 is 0 Å². The summed E-state index contributed by atoms with van der Waals surface area (Å²) in [5.74, 6) is 0.354. The number of nitrogens with two attached hydrogens (primary N) is 1. The number of para-hydroxylation sites is 1. The van der Waals surface area contributed by atoms with Crippen molar-refractivity contribution in [2.75, 3.05) is 4.90 Å². The maximum Gasteiger partial charge on any atom is 0.162 e. The molecule has 0 amide bonds. The highest BCUT2D eigenvalue weighted by atomic mass is 35.5. The van der Waals surface area contributed by atoms with Gasteiger partial charge in [-0.2, -0.15) is 5.26 Å². The van der Waals surface area contributed by atoms with Crippen LogP contribution < -0.4 is 15.4 Å². The molecule has 5 nitrogen and oxygen atoms in total. The van der Waals surface area contributed by atoms with E-state index in [1.165, 1.54) is 0 Å². The number of allylic oxidation sites excluding steroid dienone is 3. The number of rotatable bonds is 5. The number of nitrogens with zero attached hydrogens (tertiary/aromatic N) is 2. The summed E-state index contributed by atoms with van der Waals surface area (Å²) in [6.45, 7) is 10.5. The van der Waals surface area contributed by atoms with Crippen LogP contribution in [0.25, 0.3) is 0 Å². The normalized spacial score (nSPS) is 18.3. The van der Waals surface area contributed by atoms with Crippen molar-refractivity contribution in [2.45, 2.75) is 60.0 Å². The Labute approximate surface area is 251 Å². The first-order valence-corrected chi connectivity index (χ1v) is 14.4. The zero-order chi connectivity index (χ0) is 29.6. The largest absolute Gasteiger partial charge is 0.487 e. The van der Waals surface area contributed by atoms with Gasteiger partial charge in [-0.05, 0) is 84.7 Å². The number of nitriles is 1. The summed E-state index contributed by atoms with van der Waals surface area (Å²) >= 11 is 12.7. The molecule has 3 aromatic rings. The Balaban J connectivity index is 1.69. The van der Waals surface area contributed by atoms with Gasteiger partial charge in [-0.1, -0.05) is 67.4 Å². The highest BCUT2D eigenvalue weighted by molar-refractivity contribution is 6.32. The lowest BCUT2D eigenvalue weighted by Crippen LogP contribution is -2.42. The van der Waals surface area contributed by atoms with Gasteiger partial charge in [-0.25, -0.2) is 0 Å². The van der Waals surface area contributed by atoms with E-state index in [-0.39, 0.29) is 17.8 Å². The molecule has 210 valence electrons. The van der Waals surface area contributed by atoms with Crippen molar-refractivity contribution < 1.29 is 9.53 Å². The molecule has 0 radical (unpaired) electrons. The zero-order valence-electron chi connectivity index (χ0n) is 23.9. The van der Waals surface area contributed by atoms with Gasteiger partial charge in [0.1, 0.15) is 18.2 Å². The monoisotopic (exact) mass is 585 g/mol. The number of anilines is 1. The molecule has 1 unspecified atom stereocenters. The van der Waals surface area contributed by atoms with E-state index < -0.39 is 5.92 Å². The lowest BCUT2D eigenvalue weighted by Gasteiger charge is -2.44. The lowest BCUT2D eigenvalue weighted by atomic mass is 9.68. The molecule has 0 spiro atoms. The topological polar surface area (TPSA) is 79.4 Å². The number of ether oxygens (including phenoxy) is 1. The first kappa shape index (κ1) is 28.8. The summed E-state index contributed by atoms with van der Waals surface area (Å²) < 4.78 is 6.08. The van der Waals surface area contributed by atoms with E-state index in [1.54, 1.807) is 6.07 Å². The molecule has 0 fully saturated rings. The van der Waals surface area contributed by atoms with E-state index in [0.29, 0.717) is 45.6 Å². The molecule has 3 aromatic carbocycles. The van der Waals surface area contributed by atoms with Crippen molar-refractivity contribution >= 4 is 34.7 Å². The third kappa shape index (κ3) is 5.35. The molecule has 1 heterocycles. The summed E-state index contributed by atoms with van der Waals surface area (Å²) in [4.78, 5) is 15.9. The molecule has 2 N–H and O–H groups in total. The van der Waals surface area contributed by atoms with Gasteiger partial charge in [0.05, 0.1) is 28.3 Å². The average Bonchev–Trinajstić information content (AvgIpc) is 2.89. The summed E-state index contributed by atoms with van der Waals surface area (Å²) in [6.07, 6.45) is 1.01. The third-order valence-electron chi connectivity index (χ3n) is 8.05. The molecule has 0 saturated heterocycles. The molecular weight excluding hydrogens is 553 g/mol. The Morgan fingerprint density at radius 2 is 1.76 bits per heavy atom. The predicted octanol–water partition coefficient (Wildman–Crippen LogP) is 8.44. The van der Waals surface area contributed by atoms with Crippen molar-refractivity contribution in [3.8, 4) is 11.8 Å². The van der Waals surface area contributed by atoms with Gasteiger partial charge in [0.15, 0.2) is 5.78 Å². The van der Waals surface area contributed by atoms with E-state index in [1.807, 2.05) is 62.1 Å². The average molecular weight is 587 g/mol. The van der Waals surface area contributed by atoms with E-state index in [9.17, 15) is 10.1 Å². The minimum absolute atomic E-state index is 0.0278. The van der Waals surface area contributed by atoms with Crippen molar-refractivity contribution in [3.63, 3.8) is 0 Å². The molecule has 1 aliphatic carbocycles. The highest BCUT2D eigenvalue weighted by Gasteiger charge is 2.45. The Kier molecular flexibility index (Phi) is 7.68. The van der Waals surface area contributed by atoms with Crippen LogP contribution in [0, 0.1) is 37.5 Å². The van der Waals surface area contributed by atoms with Crippen LogP contribution in [0.15, 0.2) is 77.3 Å². The quantitative estimate of drug-likeness (QED) is 0.325. The second kappa shape index (κ2) is 10.9. The second-order valence-electron chi connectivity index (χ2n) is 11.8. The van der Waals surface area contributed by atoms with Crippen LogP contribution in [0.1, 0.15) is 60.4 Å². The molecule has 5 rings (SSSR count). The van der Waals surface area contributed by atoms with Gasteiger partial charge in [0.25, 0.3) is 0 Å². The fourth-order valence-corrected chi connectivity index (χ4v) is 6.38. The first-order valence-electron chi connectivity index (χ1n) is 13.6. The maximum absolute atomic E-state index is 14.0. The van der Waals surface area contributed by atoms with Crippen LogP contribution in [-0.4, -0.2) is 5.78 Å². The van der Waals surface area contributed by atoms with E-state index in [4.69, 9.17) is 33.7 Å². The molecule has 41 heavy (non-hydrogen) atoms. The number of benzene rings is 3. The van der Waals surface area contributed by atoms with E-state index >= 15 is 0 Å². The minimum Gasteiger partial charge on any atom is -0.487 e. The van der Waals surface area contributed by atoms with Crippen LogP contribution >= 0.6 is 23.2 Å². The fourth-order valence-electron chi connectivity index (χ4n) is 6.02. The van der Waals surface area contributed by atoms with Gasteiger partial charge in [0.2, 0.25) is 0 Å². The summed E-state index contributed by atoms with van der Waals surface area (Å²) in [5, 5.41) is 11.6. The first-order chi connectivity index (χ1) is 19.4. The number of ketones is 1. The Bertz CT molecular complexity index is 1680. The maximum atomic E-state index is 14.0. The number of carbonyl (C=O) groups is 1. The molecule has 1 atom stereocenters. The van der Waals surface area contributed by atoms with Crippen molar-refractivity contribution in [1.82, 2.24) is 0 Å². The smallest absolute Gasteiger partial charge is 0.162 e. The molecular formula is C34H33Cl2N3O2. The Hall–Kier alpha value is -3.72. The highest BCUT2D eigenvalue weighted by Crippen LogP contribution is 2.51. The number of carbonyl (C=O) groups excluding carboxylic acids is 1. The standard InChI is InChI=1S/C34H33Cl2N3O2/c1-19-10-11-23(35)14-27(19)39-28-15-34(4,5)16-29(40)32(28)31(25(17-37)33(39)38)24-13-22(20(2)12-21(24)3)18-41-30-9-7-6-8-26(30)36/h6-14,31H,15-16,18,38H2,1-5H3. The van der Waals surface area contributed by atoms with Crippen LogP contribution in [-0.2, 0) is 11.4 Å². The number of Topliss-reactive ketones (excluding diaryl/α,β-unsaturated/α-hetero) is 1. The SMILES string of the molecule is Cc1cc(C)c(C2C(C#N)=C(N)N(c3cc(Cl)ccc3C)C3=C2C(=O)CC(C)(C)C3)cc1COc1ccccc1Cl. The molecule has 0 bridgehead atoms. The number of halogens is 2. The fraction of sp³-hybridized carbons (Fsp3) is 0.294. The molecule has 7 heteroatoms. The number of hydrogen-bond acceptors (Lipinski definition) is 5. The van der Waals surface area contributed by atoms with Crippen LogP contribution in [0.3, 0.4) is 0 Å². The number of aryl methyl sites for hydroxylation is 3. The lowest BCUT2D eigenvalue weighted by molar-refractivity contribution is -0.118. The molecule has 0 aromatic heterocycles. The van der Waals surface area contributed by atoms with Gasteiger partial charge < -0.3 is 10.5 Å². The van der Waals surface area contributed by atoms with Gasteiger partial charge in [0, 0.05) is 22.7 Å². The zero-order valence-corrected chi connectivity index (χ0v) is 25.5. The Morgan fingerprint density at radius 1 is 1.02 bits per heavy atom. The second-order valence-corrected chi connectivity index (χ2v) is 12.6. The van der Waals surface area contributed by atoms with Crippen LogP contribution in [0.4, 0.5) is 5.69 Å². The van der Waals surface area contributed by atoms with Crippen molar-refractivity contribution in [3.05, 3.63) is 115 Å². The molecule has 2 aliphatic rings. The Morgan fingerprint density at radius 3 is 2.46 bits per heavy atom. The molecule has 1 aliphatic heterocycles. The summed E-state index contributed by atoms with van der Waals surface area (Å²) in [7, 11) is 0. The van der Waals surface area contributed by atoms with Crippen molar-refractivity contribution in [2.24, 2.45) is 11.1 Å². The van der Waals surface area contributed by atoms with Crippen molar-refractivity contribution in [1.29, 1.82) is 5.26 Å². The van der Waals surface area contributed by atoms with Gasteiger partial charge in [-0.15, -0.1) is 0 Å². The number of hydrogen-bond donors (Lipinski definition) is 1. The van der Waals surface area contributed by atoms with E-state index in [0.717, 1.165) is 39.2 Å². The molecule has 0 saturated carbocycles. The summed E-state index contributed by atoms with van der Waals surface area (Å²) in [5.41, 5.74) is 14.0. The van der Waals surface area contributed by atoms with Crippen LogP contribution in [0.2, 0.25) is 10.0 Å². The van der Waals surface area contributed by atoms with Crippen LogP contribution in [0.5, 0.6) is 5.75 Å². The minimum atomic E-state index is -0.589. The third-order valence-corrected chi connectivity index (χ3v) is 8.60. The summed E-state index contributed by atoms with van der Waals surface area (Å²) in [6, 6.07) is 19.5. The predicted molar refractivity (Wildman–Crippen MR) is 165 cm³/mol. The van der Waals surface area contributed by atoms with Gasteiger partial charge in [-0.3, -0.25) is 9.69 Å². The van der Waals surface area contributed by atoms with E-state index in [2.05, 4.69) is 32.0 Å².